The van der Waals surface area contributed by atoms with Crippen molar-refractivity contribution in [3.63, 3.8) is 0 Å². The summed E-state index contributed by atoms with van der Waals surface area (Å²) in [6.07, 6.45) is -10.9. The fourth-order valence-corrected chi connectivity index (χ4v) is 3.58. The molecule has 0 bridgehead atoms. The van der Waals surface area contributed by atoms with Gasteiger partial charge in [0.1, 0.15) is 12.6 Å². The fourth-order valence-electron chi connectivity index (χ4n) is 3.58. The quantitative estimate of drug-likeness (QED) is 0.471. The Hall–Kier alpha value is -3.64. The molecule has 4 heterocycles. The fraction of sp³-hybridized carbons (Fsp3) is 0.550. The van der Waals surface area contributed by atoms with E-state index < -0.39 is 42.4 Å². The van der Waals surface area contributed by atoms with Gasteiger partial charge in [0.2, 0.25) is 5.91 Å². The van der Waals surface area contributed by atoms with Gasteiger partial charge in [0.05, 0.1) is 11.2 Å². The molecule has 2 aliphatic rings. The zero-order valence-electron chi connectivity index (χ0n) is 19.4. The first-order valence-corrected chi connectivity index (χ1v) is 10.8. The zero-order chi connectivity index (χ0) is 29.8. The van der Waals surface area contributed by atoms with Crippen molar-refractivity contribution in [3.05, 3.63) is 24.2 Å². The Morgan fingerprint density at radius 2 is 1.51 bits per heavy atom. The Balaban J connectivity index is 0.000000317. The van der Waals surface area contributed by atoms with E-state index in [1.165, 1.54) is 4.68 Å². The molecule has 0 aromatic carbocycles. The molecule has 1 amide bonds. The van der Waals surface area contributed by atoms with E-state index in [0.29, 0.717) is 6.42 Å². The SMILES string of the molecule is O=C(Cn1nc(C2CNC2)c2cnccc21)N1CCC[C@H]1C(F)(F)F.O=C(O)C(F)(F)F.O=C(O)C(F)(F)F. The topological polar surface area (TPSA) is 138 Å². The maximum absolute atomic E-state index is 13.1. The van der Waals surface area contributed by atoms with Crippen LogP contribution in [0.25, 0.3) is 10.9 Å². The summed E-state index contributed by atoms with van der Waals surface area (Å²) >= 11 is 0. The lowest BCUT2D eigenvalue weighted by Crippen LogP contribution is -2.45. The van der Waals surface area contributed by atoms with Crippen molar-refractivity contribution in [2.75, 3.05) is 19.6 Å². The first kappa shape index (κ1) is 31.6. The van der Waals surface area contributed by atoms with Crippen LogP contribution in [0.4, 0.5) is 39.5 Å². The molecular formula is C20H20F9N5O5. The number of hydrogen-bond donors (Lipinski definition) is 3. The molecule has 0 radical (unpaired) electrons. The minimum absolute atomic E-state index is 0.0298. The number of aromatic nitrogens is 3. The molecule has 0 unspecified atom stereocenters. The average molecular weight is 581 g/mol. The van der Waals surface area contributed by atoms with E-state index in [2.05, 4.69) is 15.4 Å². The van der Waals surface area contributed by atoms with Crippen LogP contribution < -0.4 is 5.32 Å². The summed E-state index contributed by atoms with van der Waals surface area (Å²) in [6.45, 7) is 1.56. The number of pyridine rings is 1. The highest BCUT2D eigenvalue weighted by atomic mass is 19.4. The molecule has 2 aliphatic heterocycles. The summed E-state index contributed by atoms with van der Waals surface area (Å²) in [5.41, 5.74) is 1.58. The van der Waals surface area contributed by atoms with Crippen LogP contribution in [0.5, 0.6) is 0 Å². The first-order valence-electron chi connectivity index (χ1n) is 10.8. The third-order valence-corrected chi connectivity index (χ3v) is 5.47. The highest BCUT2D eigenvalue weighted by Gasteiger charge is 2.47. The maximum Gasteiger partial charge on any atom is 0.490 e. The summed E-state index contributed by atoms with van der Waals surface area (Å²) in [7, 11) is 0. The number of carbonyl (C=O) groups is 3. The standard InChI is InChI=1S/C16H18F3N5O.2C2HF3O2/c17-16(18,19)13-2-1-5-23(13)14(25)9-24-12-3-4-20-8-11(12)15(22-24)10-6-21-7-10;2*3-2(4,5)1(6)7/h3-4,8,10,13,21H,1-2,5-7,9H2;2*(H,6,7)/t13-;;/m0../s1. The smallest absolute Gasteiger partial charge is 0.475 e. The lowest BCUT2D eigenvalue weighted by Gasteiger charge is -2.26. The van der Waals surface area contributed by atoms with Crippen molar-refractivity contribution in [1.29, 1.82) is 0 Å². The Morgan fingerprint density at radius 3 is 1.95 bits per heavy atom. The van der Waals surface area contributed by atoms with E-state index in [1.807, 2.05) is 0 Å². The van der Waals surface area contributed by atoms with Gasteiger partial charge in [-0.1, -0.05) is 0 Å². The van der Waals surface area contributed by atoms with E-state index in [1.54, 1.807) is 18.5 Å². The Morgan fingerprint density at radius 1 is 0.974 bits per heavy atom. The van der Waals surface area contributed by atoms with Crippen LogP contribution in [-0.4, -0.2) is 91.9 Å². The predicted octanol–water partition coefficient (Wildman–Crippen LogP) is 2.94. The number of carboxylic acid groups (broad SMARTS) is 2. The molecule has 0 aliphatic carbocycles. The monoisotopic (exact) mass is 581 g/mol. The number of carboxylic acids is 2. The Bertz CT molecular complexity index is 1150. The van der Waals surface area contributed by atoms with E-state index >= 15 is 0 Å². The van der Waals surface area contributed by atoms with Gasteiger partial charge in [-0.3, -0.25) is 14.5 Å². The molecule has 1 atom stereocenters. The molecule has 3 N–H and O–H groups in total. The first-order chi connectivity index (χ1) is 17.8. The van der Waals surface area contributed by atoms with Crippen LogP contribution in [-0.2, 0) is 20.9 Å². The van der Waals surface area contributed by atoms with Crippen LogP contribution >= 0.6 is 0 Å². The summed E-state index contributed by atoms with van der Waals surface area (Å²) < 4.78 is 104. The van der Waals surface area contributed by atoms with Gasteiger partial charge in [0.25, 0.3) is 0 Å². The number of carbonyl (C=O) groups excluding carboxylic acids is 1. The van der Waals surface area contributed by atoms with Crippen LogP contribution in [0, 0.1) is 0 Å². The normalized spacial score (nSPS) is 18.0. The van der Waals surface area contributed by atoms with Crippen molar-refractivity contribution in [3.8, 4) is 0 Å². The minimum atomic E-state index is -5.08. The van der Waals surface area contributed by atoms with E-state index in [0.717, 1.165) is 34.6 Å². The van der Waals surface area contributed by atoms with Crippen molar-refractivity contribution in [2.45, 2.75) is 49.9 Å². The van der Waals surface area contributed by atoms with Crippen molar-refractivity contribution >= 4 is 28.7 Å². The van der Waals surface area contributed by atoms with Gasteiger partial charge in [-0.15, -0.1) is 0 Å². The molecule has 4 rings (SSSR count). The Labute approximate surface area is 212 Å². The third-order valence-electron chi connectivity index (χ3n) is 5.47. The number of hydrogen-bond acceptors (Lipinski definition) is 6. The van der Waals surface area contributed by atoms with Gasteiger partial charge in [0.15, 0.2) is 0 Å². The van der Waals surface area contributed by atoms with Crippen LogP contribution in [0.1, 0.15) is 24.5 Å². The van der Waals surface area contributed by atoms with Gasteiger partial charge >= 0.3 is 30.5 Å². The molecule has 2 saturated heterocycles. The van der Waals surface area contributed by atoms with Gasteiger partial charge in [-0.2, -0.15) is 44.6 Å². The molecule has 2 fully saturated rings. The third kappa shape index (κ3) is 8.42. The number of alkyl halides is 9. The largest absolute Gasteiger partial charge is 0.490 e. The number of rotatable bonds is 3. The summed E-state index contributed by atoms with van der Waals surface area (Å²) in [4.78, 5) is 35.4. The van der Waals surface area contributed by atoms with E-state index in [9.17, 15) is 44.3 Å². The number of aliphatic carboxylic acids is 2. The predicted molar refractivity (Wildman–Crippen MR) is 111 cm³/mol. The molecule has 0 spiro atoms. The van der Waals surface area contributed by atoms with Gasteiger partial charge in [-0.05, 0) is 18.9 Å². The molecule has 2 aromatic rings. The summed E-state index contributed by atoms with van der Waals surface area (Å²) in [5.74, 6) is -5.81. The number of halogens is 9. The zero-order valence-corrected chi connectivity index (χ0v) is 19.4. The summed E-state index contributed by atoms with van der Waals surface area (Å²) in [5, 5.41) is 22.8. The van der Waals surface area contributed by atoms with Crippen molar-refractivity contribution in [1.82, 2.24) is 25.0 Å². The van der Waals surface area contributed by atoms with Crippen LogP contribution in [0.15, 0.2) is 18.5 Å². The van der Waals surface area contributed by atoms with E-state index in [-0.39, 0.29) is 25.4 Å². The number of likely N-dealkylation sites (tertiary alicyclic amines) is 1. The highest BCUT2D eigenvalue weighted by molar-refractivity contribution is 5.84. The molecule has 0 saturated carbocycles. The molecule has 10 nitrogen and oxygen atoms in total. The number of amides is 1. The second-order valence-corrected chi connectivity index (χ2v) is 8.18. The van der Waals surface area contributed by atoms with Gasteiger partial charge in [-0.25, -0.2) is 9.59 Å². The van der Waals surface area contributed by atoms with Crippen molar-refractivity contribution in [2.24, 2.45) is 0 Å². The number of nitrogens with zero attached hydrogens (tertiary/aromatic N) is 4. The molecule has 218 valence electrons. The van der Waals surface area contributed by atoms with Crippen LogP contribution in [0.3, 0.4) is 0 Å². The maximum atomic E-state index is 13.1. The molecule has 39 heavy (non-hydrogen) atoms. The van der Waals surface area contributed by atoms with E-state index in [4.69, 9.17) is 19.8 Å². The average Bonchev–Trinajstić information content (AvgIpc) is 3.39. The summed E-state index contributed by atoms with van der Waals surface area (Å²) in [6, 6.07) is 0.0648. The number of fused-ring (bicyclic) bond motifs is 1. The minimum Gasteiger partial charge on any atom is -0.475 e. The molecule has 2 aromatic heterocycles. The Kier molecular flexibility index (Phi) is 9.75. The van der Waals surface area contributed by atoms with Crippen LogP contribution in [0.2, 0.25) is 0 Å². The lowest BCUT2D eigenvalue weighted by atomic mass is 9.97. The lowest BCUT2D eigenvalue weighted by molar-refractivity contribution is -0.193. The second kappa shape index (κ2) is 12.0. The highest BCUT2D eigenvalue weighted by Crippen LogP contribution is 2.33. The molecular weight excluding hydrogens is 561 g/mol. The van der Waals surface area contributed by atoms with Gasteiger partial charge in [0, 0.05) is 43.3 Å². The number of nitrogens with one attached hydrogen (secondary N) is 1. The van der Waals surface area contributed by atoms with Crippen molar-refractivity contribution < 1.29 is 64.1 Å². The molecule has 19 heteroatoms. The van der Waals surface area contributed by atoms with Gasteiger partial charge < -0.3 is 20.4 Å². The second-order valence-electron chi connectivity index (χ2n) is 8.18.